The number of esters is 1. The fourth-order valence-electron chi connectivity index (χ4n) is 1.45. The summed E-state index contributed by atoms with van der Waals surface area (Å²) in [5.41, 5.74) is 5.43. The fourth-order valence-corrected chi connectivity index (χ4v) is 1.45. The summed E-state index contributed by atoms with van der Waals surface area (Å²) >= 11 is 0. The number of aliphatic hydroxyl groups is 2. The Morgan fingerprint density at radius 3 is 2.31 bits per heavy atom. The van der Waals surface area contributed by atoms with Crippen molar-refractivity contribution in [2.24, 2.45) is 11.7 Å². The molecule has 5 nitrogen and oxygen atoms in total. The van der Waals surface area contributed by atoms with E-state index in [1.165, 1.54) is 7.11 Å². The van der Waals surface area contributed by atoms with E-state index in [2.05, 4.69) is 4.74 Å². The van der Waals surface area contributed by atoms with Crippen molar-refractivity contribution in [2.75, 3.05) is 7.11 Å². The van der Waals surface area contributed by atoms with Gasteiger partial charge in [0.1, 0.15) is 0 Å². The maximum Gasteiger partial charge on any atom is 0.311 e. The molecule has 0 aliphatic heterocycles. The highest BCUT2D eigenvalue weighted by Gasteiger charge is 2.43. The highest BCUT2D eigenvalue weighted by Crippen LogP contribution is 2.26. The number of nitrogens with two attached hydrogens (primary N) is 1. The van der Waals surface area contributed by atoms with E-state index in [1.807, 2.05) is 0 Å². The number of rotatable bonds is 1. The van der Waals surface area contributed by atoms with Gasteiger partial charge in [0, 0.05) is 6.04 Å². The maximum absolute atomic E-state index is 11.0. The molecular weight excluding hydrogens is 198 g/mol. The predicted octanol–water partition coefficient (Wildman–Crippen LogP) is -1.35. The number of hydrogen-bond donors (Lipinski definition) is 3. The van der Waals surface area contributed by atoms with Crippen LogP contribution in [-0.4, -0.2) is 41.5 Å². The lowest BCUT2D eigenvalue weighted by molar-refractivity contribution is -0.149. The molecule has 0 amide bonds. The van der Waals surface area contributed by atoms with E-state index in [0.29, 0.717) is 0 Å². The number of carbonyl (C=O) groups excluding carboxylic acids is 1. The lowest BCUT2D eigenvalue weighted by atomic mass is 10.1. The first kappa shape index (κ1) is 12.6. The average molecular weight is 212 g/mol. The Kier molecular flexibility index (Phi) is 4.63. The molecule has 0 spiro atoms. The van der Waals surface area contributed by atoms with Gasteiger partial charge in [-0.1, -0.05) is 0 Å². The summed E-state index contributed by atoms with van der Waals surface area (Å²) in [4.78, 5) is 11.0. The maximum atomic E-state index is 11.0. The van der Waals surface area contributed by atoms with Crippen molar-refractivity contribution in [3.63, 3.8) is 0 Å². The molecule has 1 aliphatic carbocycles. The van der Waals surface area contributed by atoms with Crippen LogP contribution < -0.4 is 5.73 Å². The zero-order valence-electron chi connectivity index (χ0n) is 7.21. The Balaban J connectivity index is 0.00000144. The van der Waals surface area contributed by atoms with Gasteiger partial charge < -0.3 is 20.7 Å². The highest BCUT2D eigenvalue weighted by molar-refractivity contribution is 5.85. The van der Waals surface area contributed by atoms with Crippen LogP contribution in [0, 0.1) is 5.92 Å². The smallest absolute Gasteiger partial charge is 0.311 e. The second-order valence-corrected chi connectivity index (χ2v) is 3.01. The van der Waals surface area contributed by atoms with Crippen molar-refractivity contribution in [3.05, 3.63) is 0 Å². The van der Waals surface area contributed by atoms with Crippen molar-refractivity contribution >= 4 is 18.4 Å². The monoisotopic (exact) mass is 211 g/mol. The van der Waals surface area contributed by atoms with E-state index < -0.39 is 30.1 Å². The first-order chi connectivity index (χ1) is 5.57. The number of hydrogen-bond acceptors (Lipinski definition) is 5. The SMILES string of the molecule is COC(=O)[C@@H]1C[C@H](N)[C@@H](O)[C@H]1O.Cl. The van der Waals surface area contributed by atoms with Gasteiger partial charge in [0.15, 0.2) is 0 Å². The number of carbonyl (C=O) groups is 1. The molecule has 6 heteroatoms. The molecule has 1 rings (SSSR count). The van der Waals surface area contributed by atoms with Crippen LogP contribution in [0.1, 0.15) is 6.42 Å². The third-order valence-electron chi connectivity index (χ3n) is 2.23. The molecule has 4 atom stereocenters. The molecule has 0 heterocycles. The predicted molar refractivity (Wildman–Crippen MR) is 47.4 cm³/mol. The first-order valence-corrected chi connectivity index (χ1v) is 3.77. The Morgan fingerprint density at radius 2 is 2.00 bits per heavy atom. The Morgan fingerprint density at radius 1 is 1.46 bits per heavy atom. The number of aliphatic hydroxyl groups excluding tert-OH is 2. The molecule has 0 bridgehead atoms. The van der Waals surface area contributed by atoms with Crippen LogP contribution in [0.5, 0.6) is 0 Å². The van der Waals surface area contributed by atoms with Crippen molar-refractivity contribution in [1.82, 2.24) is 0 Å². The van der Waals surface area contributed by atoms with Gasteiger partial charge in [-0.05, 0) is 6.42 Å². The normalized spacial score (nSPS) is 38.2. The Hall–Kier alpha value is -0.360. The number of ether oxygens (including phenoxy) is 1. The molecule has 0 unspecified atom stereocenters. The van der Waals surface area contributed by atoms with Crippen LogP contribution in [0.4, 0.5) is 0 Å². The molecule has 0 radical (unpaired) electrons. The first-order valence-electron chi connectivity index (χ1n) is 3.77. The number of halogens is 1. The van der Waals surface area contributed by atoms with Gasteiger partial charge in [-0.15, -0.1) is 12.4 Å². The minimum atomic E-state index is -1.09. The lowest BCUT2D eigenvalue weighted by Gasteiger charge is -2.13. The summed E-state index contributed by atoms with van der Waals surface area (Å²) in [7, 11) is 1.24. The molecule has 0 aromatic rings. The zero-order chi connectivity index (χ0) is 9.30. The average Bonchev–Trinajstić information content (AvgIpc) is 2.32. The Labute approximate surface area is 82.3 Å². The minimum Gasteiger partial charge on any atom is -0.469 e. The van der Waals surface area contributed by atoms with E-state index >= 15 is 0 Å². The second kappa shape index (κ2) is 4.76. The molecule has 0 aromatic heterocycles. The van der Waals surface area contributed by atoms with Gasteiger partial charge in [-0.3, -0.25) is 4.79 Å². The molecule has 13 heavy (non-hydrogen) atoms. The Bertz CT molecular complexity index is 189. The van der Waals surface area contributed by atoms with Crippen LogP contribution >= 0.6 is 12.4 Å². The van der Waals surface area contributed by atoms with Crippen LogP contribution in [0.15, 0.2) is 0 Å². The summed E-state index contributed by atoms with van der Waals surface area (Å²) in [6.07, 6.45) is -1.84. The van der Waals surface area contributed by atoms with E-state index in [-0.39, 0.29) is 18.8 Å². The van der Waals surface area contributed by atoms with Crippen molar-refractivity contribution in [3.8, 4) is 0 Å². The lowest BCUT2D eigenvalue weighted by Crippen LogP contribution is -2.36. The molecule has 1 saturated carbocycles. The molecule has 0 aromatic carbocycles. The topological polar surface area (TPSA) is 92.8 Å². The van der Waals surface area contributed by atoms with Gasteiger partial charge in [-0.2, -0.15) is 0 Å². The zero-order valence-corrected chi connectivity index (χ0v) is 8.03. The third kappa shape index (κ3) is 2.31. The standard InChI is InChI=1S/C7H13NO4.ClH/c1-12-7(11)3-2-4(8)6(10)5(3)9;/h3-6,9-10H,2,8H2,1H3;1H/t3-,4+,5+,6-;/m1./s1. The highest BCUT2D eigenvalue weighted by atomic mass is 35.5. The van der Waals surface area contributed by atoms with E-state index in [9.17, 15) is 15.0 Å². The van der Waals surface area contributed by atoms with Gasteiger partial charge in [0.25, 0.3) is 0 Å². The molecule has 1 aliphatic rings. The summed E-state index contributed by atoms with van der Waals surface area (Å²) < 4.78 is 4.44. The van der Waals surface area contributed by atoms with Crippen molar-refractivity contribution < 1.29 is 19.7 Å². The summed E-state index contributed by atoms with van der Waals surface area (Å²) in [5.74, 6) is -1.20. The van der Waals surface area contributed by atoms with Gasteiger partial charge in [0.2, 0.25) is 0 Å². The molecule has 1 fully saturated rings. The van der Waals surface area contributed by atoms with Crippen molar-refractivity contribution in [1.29, 1.82) is 0 Å². The fraction of sp³-hybridized carbons (Fsp3) is 0.857. The minimum absolute atomic E-state index is 0. The summed E-state index contributed by atoms with van der Waals surface area (Å²) in [6.45, 7) is 0. The summed E-state index contributed by atoms with van der Waals surface area (Å²) in [5, 5.41) is 18.5. The largest absolute Gasteiger partial charge is 0.469 e. The molecular formula is C7H14ClNO4. The van der Waals surface area contributed by atoms with E-state index in [0.717, 1.165) is 0 Å². The van der Waals surface area contributed by atoms with E-state index in [1.54, 1.807) is 0 Å². The quantitative estimate of drug-likeness (QED) is 0.467. The molecule has 4 N–H and O–H groups in total. The summed E-state index contributed by atoms with van der Waals surface area (Å²) in [6, 6.07) is -0.538. The molecule has 78 valence electrons. The van der Waals surface area contributed by atoms with Crippen LogP contribution in [-0.2, 0) is 9.53 Å². The van der Waals surface area contributed by atoms with E-state index in [4.69, 9.17) is 5.73 Å². The van der Waals surface area contributed by atoms with Crippen LogP contribution in [0.25, 0.3) is 0 Å². The van der Waals surface area contributed by atoms with Crippen LogP contribution in [0.3, 0.4) is 0 Å². The molecule has 0 saturated heterocycles. The van der Waals surface area contributed by atoms with Crippen LogP contribution in [0.2, 0.25) is 0 Å². The third-order valence-corrected chi connectivity index (χ3v) is 2.23. The van der Waals surface area contributed by atoms with Gasteiger partial charge in [-0.25, -0.2) is 0 Å². The van der Waals surface area contributed by atoms with Crippen molar-refractivity contribution in [2.45, 2.75) is 24.7 Å². The number of methoxy groups -OCH3 is 1. The van der Waals surface area contributed by atoms with Gasteiger partial charge >= 0.3 is 5.97 Å². The van der Waals surface area contributed by atoms with Gasteiger partial charge in [0.05, 0.1) is 25.2 Å². The second-order valence-electron chi connectivity index (χ2n) is 3.01.